The third-order valence-electron chi connectivity index (χ3n) is 2.14. The predicted molar refractivity (Wildman–Crippen MR) is 61.9 cm³/mol. The summed E-state index contributed by atoms with van der Waals surface area (Å²) in [6.07, 6.45) is 0. The first kappa shape index (κ1) is 10.9. The van der Waals surface area contributed by atoms with E-state index in [4.69, 9.17) is 9.52 Å². The van der Waals surface area contributed by atoms with Crippen LogP contribution < -0.4 is 5.43 Å². The van der Waals surface area contributed by atoms with Gasteiger partial charge in [-0.05, 0) is 40.5 Å². The first-order chi connectivity index (χ1) is 7.49. The molecule has 0 spiro atoms. The summed E-state index contributed by atoms with van der Waals surface area (Å²) in [6.45, 7) is 1.84. The molecule has 0 saturated heterocycles. The molecule has 82 valence electrons. The van der Waals surface area contributed by atoms with Gasteiger partial charge in [-0.25, -0.2) is 4.79 Å². The lowest BCUT2D eigenvalue weighted by atomic mass is 10.1. The molecule has 2 rings (SSSR count). The summed E-state index contributed by atoms with van der Waals surface area (Å²) < 4.78 is 5.72. The van der Waals surface area contributed by atoms with Gasteiger partial charge in [0, 0.05) is 6.07 Å². The van der Waals surface area contributed by atoms with Crippen molar-refractivity contribution in [3.63, 3.8) is 0 Å². The Morgan fingerprint density at radius 1 is 1.38 bits per heavy atom. The van der Waals surface area contributed by atoms with E-state index < -0.39 is 5.97 Å². The average Bonchev–Trinajstić information content (AvgIpc) is 2.19. The number of carboxylic acid groups (broad SMARTS) is 1. The second kappa shape index (κ2) is 3.75. The molecule has 0 aliphatic rings. The molecule has 0 unspecified atom stereocenters. The Balaban J connectivity index is 2.93. The number of carboxylic acids is 1. The first-order valence-corrected chi connectivity index (χ1v) is 5.25. The van der Waals surface area contributed by atoms with Crippen LogP contribution in [0.25, 0.3) is 11.0 Å². The summed E-state index contributed by atoms with van der Waals surface area (Å²) in [6, 6.07) is 4.41. The van der Waals surface area contributed by atoms with Gasteiger partial charge < -0.3 is 9.52 Å². The fourth-order valence-corrected chi connectivity index (χ4v) is 2.11. The van der Waals surface area contributed by atoms with E-state index in [0.717, 1.165) is 11.6 Å². The van der Waals surface area contributed by atoms with Gasteiger partial charge >= 0.3 is 5.97 Å². The van der Waals surface area contributed by atoms with Crippen LogP contribution in [0.3, 0.4) is 0 Å². The molecule has 1 aromatic heterocycles. The Hall–Kier alpha value is -1.62. The second-order valence-corrected chi connectivity index (χ2v) is 4.26. The number of hydrogen-bond donors (Lipinski definition) is 1. The zero-order valence-corrected chi connectivity index (χ0v) is 9.87. The standard InChI is InChI=1S/C11H7BrO4/c1-5-2-6-8(13)4-9(11(14)15)16-10(6)7(12)3-5/h2-4H,1H3,(H,14,15). The smallest absolute Gasteiger partial charge is 0.371 e. The molecule has 1 heterocycles. The molecule has 5 heteroatoms. The largest absolute Gasteiger partial charge is 0.475 e. The Bertz CT molecular complexity index is 642. The van der Waals surface area contributed by atoms with Crippen LogP contribution in [0, 0.1) is 6.92 Å². The molecule has 0 atom stereocenters. The number of carbonyl (C=O) groups is 1. The zero-order chi connectivity index (χ0) is 11.9. The maximum absolute atomic E-state index is 11.7. The minimum absolute atomic E-state index is 0.260. The van der Waals surface area contributed by atoms with Crippen LogP contribution in [0.15, 0.2) is 31.9 Å². The monoisotopic (exact) mass is 282 g/mol. The van der Waals surface area contributed by atoms with Crippen LogP contribution in [0.4, 0.5) is 0 Å². The summed E-state index contributed by atoms with van der Waals surface area (Å²) in [5, 5.41) is 9.14. The molecular formula is C11H7BrO4. The SMILES string of the molecule is Cc1cc(Br)c2oc(C(=O)O)cc(=O)c2c1. The molecule has 0 fully saturated rings. The molecule has 0 saturated carbocycles. The highest BCUT2D eigenvalue weighted by Gasteiger charge is 2.12. The van der Waals surface area contributed by atoms with Crippen LogP contribution in [-0.4, -0.2) is 11.1 Å². The lowest BCUT2D eigenvalue weighted by Gasteiger charge is -2.02. The predicted octanol–water partition coefficient (Wildman–Crippen LogP) is 2.56. The molecule has 4 nitrogen and oxygen atoms in total. The molecule has 1 aromatic carbocycles. The molecule has 0 aliphatic carbocycles. The summed E-state index contributed by atoms with van der Waals surface area (Å²) >= 11 is 3.24. The lowest BCUT2D eigenvalue weighted by Crippen LogP contribution is -2.06. The van der Waals surface area contributed by atoms with Crippen molar-refractivity contribution in [3.8, 4) is 0 Å². The summed E-state index contributed by atoms with van der Waals surface area (Å²) in [7, 11) is 0. The Morgan fingerprint density at radius 2 is 2.06 bits per heavy atom. The van der Waals surface area contributed by atoms with Crippen molar-refractivity contribution in [3.05, 3.63) is 44.2 Å². The fraction of sp³-hybridized carbons (Fsp3) is 0.0909. The Kier molecular flexibility index (Phi) is 2.55. The van der Waals surface area contributed by atoms with E-state index in [0.29, 0.717) is 9.86 Å². The molecule has 2 aromatic rings. The van der Waals surface area contributed by atoms with Gasteiger partial charge in [0.2, 0.25) is 5.76 Å². The van der Waals surface area contributed by atoms with E-state index in [9.17, 15) is 9.59 Å². The van der Waals surface area contributed by atoms with E-state index in [1.165, 1.54) is 0 Å². The summed E-state index contributed by atoms with van der Waals surface area (Å²) in [5.41, 5.74) is 0.799. The van der Waals surface area contributed by atoms with Gasteiger partial charge in [-0.2, -0.15) is 0 Å². The third kappa shape index (κ3) is 1.74. The number of aromatic carboxylic acids is 1. The lowest BCUT2D eigenvalue weighted by molar-refractivity contribution is 0.0663. The fourth-order valence-electron chi connectivity index (χ4n) is 1.46. The van der Waals surface area contributed by atoms with E-state index in [1.807, 2.05) is 6.92 Å². The molecule has 0 radical (unpaired) electrons. The first-order valence-electron chi connectivity index (χ1n) is 4.46. The minimum Gasteiger partial charge on any atom is -0.475 e. The maximum Gasteiger partial charge on any atom is 0.371 e. The highest BCUT2D eigenvalue weighted by Crippen LogP contribution is 2.24. The van der Waals surface area contributed by atoms with Crippen molar-refractivity contribution in [2.75, 3.05) is 0 Å². The summed E-state index contributed by atoms with van der Waals surface area (Å²) in [4.78, 5) is 22.4. The molecule has 0 bridgehead atoms. The number of fused-ring (bicyclic) bond motifs is 1. The van der Waals surface area contributed by atoms with Gasteiger partial charge in [0.1, 0.15) is 0 Å². The molecule has 1 N–H and O–H groups in total. The van der Waals surface area contributed by atoms with Crippen molar-refractivity contribution in [2.24, 2.45) is 0 Å². The highest BCUT2D eigenvalue weighted by molar-refractivity contribution is 9.10. The van der Waals surface area contributed by atoms with Gasteiger partial charge in [-0.15, -0.1) is 0 Å². The minimum atomic E-state index is -1.26. The zero-order valence-electron chi connectivity index (χ0n) is 8.28. The van der Waals surface area contributed by atoms with Crippen LogP contribution in [0.2, 0.25) is 0 Å². The van der Waals surface area contributed by atoms with Crippen LogP contribution in [0.5, 0.6) is 0 Å². The topological polar surface area (TPSA) is 67.5 Å². The van der Waals surface area contributed by atoms with Crippen molar-refractivity contribution < 1.29 is 14.3 Å². The second-order valence-electron chi connectivity index (χ2n) is 3.40. The molecule has 16 heavy (non-hydrogen) atoms. The van der Waals surface area contributed by atoms with Crippen LogP contribution in [0.1, 0.15) is 16.1 Å². The maximum atomic E-state index is 11.7. The van der Waals surface area contributed by atoms with Gasteiger partial charge in [-0.1, -0.05) is 0 Å². The van der Waals surface area contributed by atoms with Crippen LogP contribution in [-0.2, 0) is 0 Å². The van der Waals surface area contributed by atoms with Gasteiger partial charge in [0.05, 0.1) is 9.86 Å². The number of hydrogen-bond acceptors (Lipinski definition) is 3. The average molecular weight is 283 g/mol. The Morgan fingerprint density at radius 3 is 2.69 bits per heavy atom. The van der Waals surface area contributed by atoms with Gasteiger partial charge in [0.25, 0.3) is 0 Å². The number of rotatable bonds is 1. The molecule has 0 amide bonds. The molecule has 0 aliphatic heterocycles. The van der Waals surface area contributed by atoms with E-state index >= 15 is 0 Å². The van der Waals surface area contributed by atoms with E-state index in [-0.39, 0.29) is 16.8 Å². The Labute approximate surface area is 98.6 Å². The van der Waals surface area contributed by atoms with E-state index in [1.54, 1.807) is 12.1 Å². The quantitative estimate of drug-likeness (QED) is 0.873. The van der Waals surface area contributed by atoms with Crippen molar-refractivity contribution in [2.45, 2.75) is 6.92 Å². The van der Waals surface area contributed by atoms with Gasteiger partial charge in [-0.3, -0.25) is 4.79 Å². The van der Waals surface area contributed by atoms with Crippen molar-refractivity contribution >= 4 is 32.9 Å². The molecular weight excluding hydrogens is 276 g/mol. The van der Waals surface area contributed by atoms with Crippen molar-refractivity contribution in [1.82, 2.24) is 0 Å². The van der Waals surface area contributed by atoms with Crippen molar-refractivity contribution in [1.29, 1.82) is 0 Å². The normalized spacial score (nSPS) is 10.6. The number of halogens is 1. The number of aryl methyl sites for hydroxylation is 1. The van der Waals surface area contributed by atoms with Crippen LogP contribution >= 0.6 is 15.9 Å². The summed E-state index contributed by atoms with van der Waals surface area (Å²) in [5.74, 6) is -1.62. The van der Waals surface area contributed by atoms with E-state index in [2.05, 4.69) is 15.9 Å². The van der Waals surface area contributed by atoms with Gasteiger partial charge in [0.15, 0.2) is 11.0 Å². The number of benzene rings is 1. The highest BCUT2D eigenvalue weighted by atomic mass is 79.9. The third-order valence-corrected chi connectivity index (χ3v) is 2.73.